The van der Waals surface area contributed by atoms with Crippen LogP contribution in [0.4, 0.5) is 30.2 Å². The summed E-state index contributed by atoms with van der Waals surface area (Å²) >= 11 is 0. The van der Waals surface area contributed by atoms with E-state index in [0.717, 1.165) is 32.9 Å². The Labute approximate surface area is 265 Å². The molecule has 1 amide bonds. The largest absolute Gasteiger partial charge is 0.497 e. The molecular formula is C31H30F3N3O7S2. The highest BCUT2D eigenvalue weighted by Gasteiger charge is 2.30. The van der Waals surface area contributed by atoms with Gasteiger partial charge in [-0.2, -0.15) is 13.2 Å². The molecule has 0 atom stereocenters. The second kappa shape index (κ2) is 13.7. The van der Waals surface area contributed by atoms with E-state index in [1.54, 1.807) is 49.4 Å². The van der Waals surface area contributed by atoms with Gasteiger partial charge in [0.2, 0.25) is 0 Å². The van der Waals surface area contributed by atoms with Crippen molar-refractivity contribution in [1.82, 2.24) is 0 Å². The molecule has 244 valence electrons. The second-order valence-corrected chi connectivity index (χ2v) is 13.6. The van der Waals surface area contributed by atoms with E-state index >= 15 is 0 Å². The van der Waals surface area contributed by atoms with Crippen LogP contribution in [0.3, 0.4) is 0 Å². The zero-order valence-corrected chi connectivity index (χ0v) is 26.5. The van der Waals surface area contributed by atoms with Gasteiger partial charge in [-0.05, 0) is 79.7 Å². The number of benzene rings is 4. The molecule has 4 aromatic carbocycles. The number of nitrogens with zero attached hydrogens (tertiary/aromatic N) is 2. The molecule has 0 spiro atoms. The number of rotatable bonds is 12. The van der Waals surface area contributed by atoms with Crippen molar-refractivity contribution in [1.29, 1.82) is 0 Å². The highest BCUT2D eigenvalue weighted by molar-refractivity contribution is 7.93. The Morgan fingerprint density at radius 2 is 1.46 bits per heavy atom. The summed E-state index contributed by atoms with van der Waals surface area (Å²) in [6.45, 7) is -0.0632. The van der Waals surface area contributed by atoms with Crippen LogP contribution in [0, 0.1) is 0 Å². The smallest absolute Gasteiger partial charge is 0.422 e. The number of nitrogens with one attached hydrogen (secondary N) is 1. The normalized spacial score (nSPS) is 11.9. The lowest BCUT2D eigenvalue weighted by atomic mass is 10.2. The number of halogens is 3. The maximum absolute atomic E-state index is 13.6. The van der Waals surface area contributed by atoms with Crippen molar-refractivity contribution in [3.05, 3.63) is 103 Å². The van der Waals surface area contributed by atoms with Gasteiger partial charge in [0, 0.05) is 19.2 Å². The Kier molecular flexibility index (Phi) is 10.2. The molecule has 4 rings (SSSR count). The number of amides is 1. The van der Waals surface area contributed by atoms with Gasteiger partial charge in [-0.25, -0.2) is 16.8 Å². The van der Waals surface area contributed by atoms with Crippen molar-refractivity contribution in [2.24, 2.45) is 0 Å². The summed E-state index contributed by atoms with van der Waals surface area (Å²) in [7, 11) is -5.60. The number of anilines is 3. The fourth-order valence-electron chi connectivity index (χ4n) is 4.35. The van der Waals surface area contributed by atoms with Gasteiger partial charge in [-0.3, -0.25) is 13.4 Å². The van der Waals surface area contributed by atoms with E-state index in [2.05, 4.69) is 5.32 Å². The molecule has 1 N–H and O–H groups in total. The molecule has 10 nitrogen and oxygen atoms in total. The average molecular weight is 678 g/mol. The van der Waals surface area contributed by atoms with Gasteiger partial charge in [0.15, 0.2) is 6.61 Å². The van der Waals surface area contributed by atoms with Crippen LogP contribution < -0.4 is 23.4 Å². The molecule has 0 heterocycles. The van der Waals surface area contributed by atoms with Crippen LogP contribution in [-0.2, 0) is 20.0 Å². The van der Waals surface area contributed by atoms with E-state index in [-0.39, 0.29) is 27.6 Å². The molecule has 0 unspecified atom stereocenters. The highest BCUT2D eigenvalue weighted by atomic mass is 32.2. The standard InChI is InChI=1S/C31H30F3N3O7S2/c1-4-37(24-10-6-5-7-11-24)46(41,42)27-17-18-29(44-21-31(32,33)34)28(20-27)35-30(38)22-9-8-12-26(19-22)45(39,40)36(2)23-13-15-25(43-3)16-14-23/h5-20H,4,21H2,1-3H3,(H,35,38). The SMILES string of the molecule is CCN(c1ccccc1)S(=O)(=O)c1ccc(OCC(F)(F)F)c(NC(=O)c2cccc(S(=O)(=O)N(C)c3ccc(OC)cc3)c2)c1. The van der Waals surface area contributed by atoms with Gasteiger partial charge in [0.1, 0.15) is 11.5 Å². The van der Waals surface area contributed by atoms with Gasteiger partial charge < -0.3 is 14.8 Å². The fourth-order valence-corrected chi connectivity index (χ4v) is 7.09. The van der Waals surface area contributed by atoms with Crippen LogP contribution in [-0.4, -0.2) is 56.2 Å². The zero-order chi connectivity index (χ0) is 33.7. The van der Waals surface area contributed by atoms with Crippen molar-refractivity contribution in [3.8, 4) is 11.5 Å². The number of hydrogen-bond acceptors (Lipinski definition) is 7. The third kappa shape index (κ3) is 7.72. The number of methoxy groups -OCH3 is 1. The lowest BCUT2D eigenvalue weighted by Gasteiger charge is -2.24. The first kappa shape index (κ1) is 34.1. The van der Waals surface area contributed by atoms with Crippen molar-refractivity contribution in [2.75, 3.05) is 41.2 Å². The van der Waals surface area contributed by atoms with E-state index in [4.69, 9.17) is 9.47 Å². The van der Waals surface area contributed by atoms with Crippen LogP contribution in [0.2, 0.25) is 0 Å². The van der Waals surface area contributed by atoms with Gasteiger partial charge in [-0.15, -0.1) is 0 Å². The Hall–Kier alpha value is -4.76. The summed E-state index contributed by atoms with van der Waals surface area (Å²) in [5.74, 6) is -0.854. The Bertz CT molecular complexity index is 1900. The molecule has 0 saturated heterocycles. The summed E-state index contributed by atoms with van der Waals surface area (Å²) in [6.07, 6.45) is -4.73. The van der Waals surface area contributed by atoms with Crippen LogP contribution >= 0.6 is 0 Å². The number of alkyl halides is 3. The summed E-state index contributed by atoms with van der Waals surface area (Å²) < 4.78 is 105. The van der Waals surface area contributed by atoms with E-state index in [9.17, 15) is 34.8 Å². The summed E-state index contributed by atoms with van der Waals surface area (Å²) in [5.41, 5.74) is 0.129. The predicted molar refractivity (Wildman–Crippen MR) is 168 cm³/mol. The first-order chi connectivity index (χ1) is 21.7. The molecule has 15 heteroatoms. The number of carbonyl (C=O) groups is 1. The number of ether oxygens (including phenoxy) is 2. The van der Waals surface area contributed by atoms with Crippen LogP contribution in [0.25, 0.3) is 0 Å². The summed E-state index contributed by atoms with van der Waals surface area (Å²) in [4.78, 5) is 12.8. The number of hydrogen-bond donors (Lipinski definition) is 1. The molecule has 0 fully saturated rings. The van der Waals surface area contributed by atoms with Gasteiger partial charge in [0.25, 0.3) is 26.0 Å². The van der Waals surface area contributed by atoms with Crippen molar-refractivity contribution >= 4 is 43.0 Å². The van der Waals surface area contributed by atoms with Crippen molar-refractivity contribution < 1.29 is 44.3 Å². The number of carbonyl (C=O) groups excluding carboxylic acids is 1. The molecule has 0 aliphatic heterocycles. The molecule has 4 aromatic rings. The highest BCUT2D eigenvalue weighted by Crippen LogP contribution is 2.33. The minimum atomic E-state index is -4.73. The number of sulfonamides is 2. The first-order valence-corrected chi connectivity index (χ1v) is 16.5. The second-order valence-electron chi connectivity index (χ2n) is 9.72. The Balaban J connectivity index is 1.68. The minimum absolute atomic E-state index is 0.0343. The van der Waals surface area contributed by atoms with Gasteiger partial charge >= 0.3 is 6.18 Å². The maximum Gasteiger partial charge on any atom is 0.422 e. The fraction of sp³-hybridized carbons (Fsp3) is 0.194. The topological polar surface area (TPSA) is 122 Å². The molecular weight excluding hydrogens is 647 g/mol. The maximum atomic E-state index is 13.6. The molecule has 0 saturated carbocycles. The van der Waals surface area contributed by atoms with Gasteiger partial charge in [0.05, 0.1) is 34.0 Å². The monoisotopic (exact) mass is 677 g/mol. The molecule has 0 aliphatic carbocycles. The first-order valence-electron chi connectivity index (χ1n) is 13.6. The molecule has 0 aromatic heterocycles. The van der Waals surface area contributed by atoms with E-state index < -0.39 is 44.5 Å². The van der Waals surface area contributed by atoms with E-state index in [0.29, 0.717) is 17.1 Å². The van der Waals surface area contributed by atoms with E-state index in [1.807, 2.05) is 0 Å². The summed E-state index contributed by atoms with van der Waals surface area (Å²) in [6, 6.07) is 22.5. The zero-order valence-electron chi connectivity index (χ0n) is 24.9. The minimum Gasteiger partial charge on any atom is -0.497 e. The van der Waals surface area contributed by atoms with Crippen LogP contribution in [0.1, 0.15) is 17.3 Å². The van der Waals surface area contributed by atoms with Crippen molar-refractivity contribution in [2.45, 2.75) is 22.9 Å². The van der Waals surface area contributed by atoms with Crippen LogP contribution in [0.15, 0.2) is 107 Å². The summed E-state index contributed by atoms with van der Waals surface area (Å²) in [5, 5.41) is 2.39. The Morgan fingerprint density at radius 3 is 2.07 bits per heavy atom. The molecule has 0 radical (unpaired) electrons. The lowest BCUT2D eigenvalue weighted by molar-refractivity contribution is -0.153. The van der Waals surface area contributed by atoms with E-state index in [1.165, 1.54) is 44.5 Å². The molecule has 0 aliphatic rings. The van der Waals surface area contributed by atoms with Crippen LogP contribution in [0.5, 0.6) is 11.5 Å². The lowest BCUT2D eigenvalue weighted by Crippen LogP contribution is -2.31. The third-order valence-electron chi connectivity index (χ3n) is 6.70. The predicted octanol–water partition coefficient (Wildman–Crippen LogP) is 5.93. The van der Waals surface area contributed by atoms with Crippen molar-refractivity contribution in [3.63, 3.8) is 0 Å². The van der Waals surface area contributed by atoms with Gasteiger partial charge in [-0.1, -0.05) is 24.3 Å². The average Bonchev–Trinajstić information content (AvgIpc) is 3.04. The number of para-hydroxylation sites is 1. The molecule has 0 bridgehead atoms. The quantitative estimate of drug-likeness (QED) is 0.197. The third-order valence-corrected chi connectivity index (χ3v) is 10.4. The Morgan fingerprint density at radius 1 is 0.804 bits per heavy atom. The molecule has 46 heavy (non-hydrogen) atoms.